The zero-order valence-corrected chi connectivity index (χ0v) is 18.7. The van der Waals surface area contributed by atoms with Crippen molar-refractivity contribution in [2.45, 2.75) is 51.1 Å². The molecule has 31 heavy (non-hydrogen) atoms. The van der Waals surface area contributed by atoms with E-state index in [1.165, 1.54) is 19.3 Å². The quantitative estimate of drug-likeness (QED) is 0.407. The van der Waals surface area contributed by atoms with Crippen molar-refractivity contribution >= 4 is 22.6 Å². The number of hydrogen-bond donors (Lipinski definition) is 4. The number of rotatable bonds is 7. The van der Waals surface area contributed by atoms with Crippen LogP contribution < -0.4 is 16.0 Å². The summed E-state index contributed by atoms with van der Waals surface area (Å²) in [5, 5.41) is 11.4. The molecule has 1 aliphatic carbocycles. The molecular weight excluding hydrogens is 390 g/mol. The van der Waals surface area contributed by atoms with Crippen LogP contribution in [0.25, 0.3) is 10.9 Å². The van der Waals surface area contributed by atoms with Crippen molar-refractivity contribution in [3.8, 4) is 0 Å². The fourth-order valence-corrected chi connectivity index (χ4v) is 4.76. The highest BCUT2D eigenvalue weighted by molar-refractivity contribution is 6.00. The standard InChI is InChI=1S/C24H33N5O2/c1-15-12-16-8-7-11-18(22(16)27-15)23(29-20(25-2)14-31-3)21-19(13-26-24(21)30)28-17-9-5-4-6-10-17/h7-8,11-12,17,23,27-28H,4-6,9-10,13-14H2,1-3H3,(H,25,29)(H,26,30). The number of aromatic nitrogens is 1. The van der Waals surface area contributed by atoms with Crippen LogP contribution in [0.4, 0.5) is 0 Å². The van der Waals surface area contributed by atoms with Gasteiger partial charge in [0.05, 0.1) is 23.7 Å². The molecule has 2 heterocycles. The highest BCUT2D eigenvalue weighted by atomic mass is 16.5. The Balaban J connectivity index is 1.78. The summed E-state index contributed by atoms with van der Waals surface area (Å²) in [6, 6.07) is 8.42. The van der Waals surface area contributed by atoms with Gasteiger partial charge in [0.25, 0.3) is 5.91 Å². The molecule has 1 saturated carbocycles. The fourth-order valence-electron chi connectivity index (χ4n) is 4.76. The van der Waals surface area contributed by atoms with Gasteiger partial charge in [-0.25, -0.2) is 0 Å². The van der Waals surface area contributed by atoms with Crippen molar-refractivity contribution in [3.63, 3.8) is 0 Å². The maximum absolute atomic E-state index is 13.1. The Hall–Kier alpha value is -2.80. The summed E-state index contributed by atoms with van der Waals surface area (Å²) in [7, 11) is 3.39. The number of nitrogens with zero attached hydrogens (tertiary/aromatic N) is 1. The number of nitrogens with one attached hydrogen (secondary N) is 4. The third-order valence-corrected chi connectivity index (χ3v) is 6.26. The van der Waals surface area contributed by atoms with Gasteiger partial charge in [0.15, 0.2) is 0 Å². The van der Waals surface area contributed by atoms with Crippen molar-refractivity contribution in [2.75, 3.05) is 27.3 Å². The Morgan fingerprint density at radius 2 is 2.10 bits per heavy atom. The fraction of sp³-hybridized carbons (Fsp3) is 0.500. The lowest BCUT2D eigenvalue weighted by Gasteiger charge is -2.27. The molecule has 2 aliphatic rings. The van der Waals surface area contributed by atoms with E-state index in [0.717, 1.165) is 46.3 Å². The van der Waals surface area contributed by atoms with Gasteiger partial charge in [-0.2, -0.15) is 0 Å². The Bertz CT molecular complexity index is 1000. The normalized spacial score (nSPS) is 19.1. The first-order valence-electron chi connectivity index (χ1n) is 11.2. The lowest BCUT2D eigenvalue weighted by molar-refractivity contribution is -0.116. The Morgan fingerprint density at radius 3 is 2.84 bits per heavy atom. The molecule has 1 aromatic heterocycles. The van der Waals surface area contributed by atoms with E-state index in [4.69, 9.17) is 4.74 Å². The average Bonchev–Trinajstić information content (AvgIpc) is 3.33. The van der Waals surface area contributed by atoms with E-state index in [0.29, 0.717) is 25.0 Å². The molecule has 166 valence electrons. The maximum Gasteiger partial charge on any atom is 0.251 e. The molecule has 1 aliphatic heterocycles. The number of benzene rings is 1. The minimum absolute atomic E-state index is 0.0380. The molecule has 1 fully saturated rings. The number of para-hydroxylation sites is 1. The second-order valence-electron chi connectivity index (χ2n) is 8.50. The first kappa shape index (κ1) is 21.4. The van der Waals surface area contributed by atoms with E-state index in [9.17, 15) is 4.79 Å². The number of fused-ring (bicyclic) bond motifs is 1. The van der Waals surface area contributed by atoms with Gasteiger partial charge < -0.3 is 25.7 Å². The monoisotopic (exact) mass is 423 g/mol. The molecule has 0 saturated heterocycles. The van der Waals surface area contributed by atoms with Crippen LogP contribution in [0.5, 0.6) is 0 Å². The lowest BCUT2D eigenvalue weighted by atomic mass is 9.93. The average molecular weight is 424 g/mol. The van der Waals surface area contributed by atoms with Crippen molar-refractivity contribution in [2.24, 2.45) is 4.99 Å². The van der Waals surface area contributed by atoms with Crippen LogP contribution in [-0.4, -0.2) is 50.1 Å². The van der Waals surface area contributed by atoms with Crippen molar-refractivity contribution in [1.29, 1.82) is 0 Å². The largest absolute Gasteiger partial charge is 0.384 e. The van der Waals surface area contributed by atoms with Gasteiger partial charge in [0, 0.05) is 42.5 Å². The van der Waals surface area contributed by atoms with Gasteiger partial charge in [0.1, 0.15) is 12.4 Å². The smallest absolute Gasteiger partial charge is 0.251 e. The van der Waals surface area contributed by atoms with Crippen LogP contribution in [0.15, 0.2) is 40.5 Å². The first-order valence-corrected chi connectivity index (χ1v) is 11.2. The summed E-state index contributed by atoms with van der Waals surface area (Å²) in [6.45, 7) is 2.94. The predicted molar refractivity (Wildman–Crippen MR) is 124 cm³/mol. The van der Waals surface area contributed by atoms with E-state index < -0.39 is 0 Å². The number of amides is 1. The van der Waals surface area contributed by atoms with E-state index in [2.05, 4.69) is 44.1 Å². The van der Waals surface area contributed by atoms with Crippen LogP contribution >= 0.6 is 0 Å². The highest BCUT2D eigenvalue weighted by Crippen LogP contribution is 2.32. The number of ether oxygens (including phenoxy) is 1. The molecule has 1 aromatic carbocycles. The second-order valence-corrected chi connectivity index (χ2v) is 8.50. The van der Waals surface area contributed by atoms with Gasteiger partial charge in [-0.15, -0.1) is 0 Å². The van der Waals surface area contributed by atoms with E-state index in [1.54, 1.807) is 14.2 Å². The zero-order valence-electron chi connectivity index (χ0n) is 18.7. The summed E-state index contributed by atoms with van der Waals surface area (Å²) >= 11 is 0. The summed E-state index contributed by atoms with van der Waals surface area (Å²) in [6.07, 6.45) is 6.09. The van der Waals surface area contributed by atoms with Crippen molar-refractivity contribution in [1.82, 2.24) is 20.9 Å². The van der Waals surface area contributed by atoms with Crippen LogP contribution in [0, 0.1) is 6.92 Å². The van der Waals surface area contributed by atoms with Gasteiger partial charge in [-0.1, -0.05) is 37.5 Å². The molecule has 1 atom stereocenters. The topological polar surface area (TPSA) is 90.5 Å². The minimum atomic E-state index is -0.343. The van der Waals surface area contributed by atoms with Gasteiger partial charge in [0.2, 0.25) is 0 Å². The Kier molecular flexibility index (Phi) is 6.61. The molecule has 1 unspecified atom stereocenters. The predicted octanol–water partition coefficient (Wildman–Crippen LogP) is 3.09. The number of amidine groups is 1. The lowest BCUT2D eigenvalue weighted by Crippen LogP contribution is -2.37. The van der Waals surface area contributed by atoms with Gasteiger partial charge >= 0.3 is 0 Å². The van der Waals surface area contributed by atoms with E-state index in [1.807, 2.05) is 13.0 Å². The van der Waals surface area contributed by atoms with Crippen molar-refractivity contribution in [3.05, 3.63) is 46.8 Å². The highest BCUT2D eigenvalue weighted by Gasteiger charge is 2.33. The molecule has 4 rings (SSSR count). The van der Waals surface area contributed by atoms with Crippen LogP contribution in [-0.2, 0) is 9.53 Å². The Labute approximate surface area is 183 Å². The molecule has 7 nitrogen and oxygen atoms in total. The maximum atomic E-state index is 13.1. The molecule has 0 bridgehead atoms. The van der Waals surface area contributed by atoms with Crippen LogP contribution in [0.3, 0.4) is 0 Å². The summed E-state index contributed by atoms with van der Waals surface area (Å²) < 4.78 is 5.33. The molecule has 1 amide bonds. The molecule has 7 heteroatoms. The Morgan fingerprint density at radius 1 is 1.29 bits per heavy atom. The number of H-pyrrole nitrogens is 1. The number of carbonyl (C=O) groups excluding carboxylic acids is 1. The summed E-state index contributed by atoms with van der Waals surface area (Å²) in [4.78, 5) is 20.9. The van der Waals surface area contributed by atoms with E-state index >= 15 is 0 Å². The zero-order chi connectivity index (χ0) is 21.8. The third-order valence-electron chi connectivity index (χ3n) is 6.26. The molecule has 0 radical (unpaired) electrons. The first-order chi connectivity index (χ1) is 15.1. The van der Waals surface area contributed by atoms with Crippen LogP contribution in [0.2, 0.25) is 0 Å². The van der Waals surface area contributed by atoms with Crippen LogP contribution in [0.1, 0.15) is 49.4 Å². The number of aliphatic imine (C=N–C) groups is 1. The van der Waals surface area contributed by atoms with Crippen molar-refractivity contribution < 1.29 is 9.53 Å². The number of methoxy groups -OCH3 is 1. The minimum Gasteiger partial charge on any atom is -0.384 e. The summed E-state index contributed by atoms with van der Waals surface area (Å²) in [5.74, 6) is 0.668. The molecule has 2 aromatic rings. The number of aryl methyl sites for hydroxylation is 1. The molecular formula is C24H33N5O2. The second kappa shape index (κ2) is 9.56. The summed E-state index contributed by atoms with van der Waals surface area (Å²) in [5.41, 5.74) is 4.88. The van der Waals surface area contributed by atoms with E-state index in [-0.39, 0.29) is 11.9 Å². The van der Waals surface area contributed by atoms with Gasteiger partial charge in [-0.05, 0) is 25.8 Å². The molecule has 4 N–H and O–H groups in total. The number of hydrogen-bond acceptors (Lipinski definition) is 4. The molecule has 0 spiro atoms. The number of carbonyl (C=O) groups is 1. The van der Waals surface area contributed by atoms with Gasteiger partial charge in [-0.3, -0.25) is 9.79 Å². The third kappa shape index (κ3) is 4.61. The SMILES string of the molecule is CN=C(COC)NC(C1=C(NC2CCCCC2)CNC1=O)c1cccc2cc(C)[nH]c12. The number of aromatic amines is 1.